The molecule has 4 rings (SSSR count). The van der Waals surface area contributed by atoms with Crippen LogP contribution in [-0.4, -0.2) is 60.5 Å². The second kappa shape index (κ2) is 11.0. The third-order valence-corrected chi connectivity index (χ3v) is 7.05. The van der Waals surface area contributed by atoms with Gasteiger partial charge in [-0.15, -0.1) is 0 Å². The van der Waals surface area contributed by atoms with E-state index in [0.717, 1.165) is 31.4 Å². The van der Waals surface area contributed by atoms with Crippen LogP contribution < -0.4 is 0 Å². The van der Waals surface area contributed by atoms with E-state index in [1.165, 1.54) is 16.7 Å². The molecule has 2 amide bonds. The summed E-state index contributed by atoms with van der Waals surface area (Å²) in [6.07, 6.45) is 4.28. The largest absolute Gasteiger partial charge is 0.378 e. The normalized spacial score (nSPS) is 21.3. The maximum Gasteiger partial charge on any atom is 0.227 e. The SMILES string of the molecule is CCN1CCN(C(=O)CC[C@@H]2CCCO2)C[C@H](Cc2cccc(-c3ccccc3C)c2)C1=O. The van der Waals surface area contributed by atoms with Gasteiger partial charge in [0.05, 0.1) is 12.0 Å². The van der Waals surface area contributed by atoms with Gasteiger partial charge in [0.15, 0.2) is 0 Å². The summed E-state index contributed by atoms with van der Waals surface area (Å²) in [7, 11) is 0. The molecule has 176 valence electrons. The van der Waals surface area contributed by atoms with E-state index < -0.39 is 0 Å². The summed E-state index contributed by atoms with van der Waals surface area (Å²) in [6, 6.07) is 16.9. The number of amides is 2. The molecule has 2 aliphatic rings. The molecule has 33 heavy (non-hydrogen) atoms. The van der Waals surface area contributed by atoms with Gasteiger partial charge >= 0.3 is 0 Å². The van der Waals surface area contributed by atoms with Gasteiger partial charge < -0.3 is 14.5 Å². The molecule has 2 heterocycles. The van der Waals surface area contributed by atoms with Crippen LogP contribution in [0, 0.1) is 12.8 Å². The second-order valence-electron chi connectivity index (χ2n) is 9.35. The standard InChI is InChI=1S/C28H36N2O3/c1-3-29-15-16-30(27(31)14-13-25-11-7-17-33-25)20-24(28(29)32)19-22-9-6-10-23(18-22)26-12-5-4-8-21(26)2/h4-6,8-10,12,18,24-25H,3,7,11,13-17,19-20H2,1-2H3/t24-,25-/m0/s1. The van der Waals surface area contributed by atoms with Gasteiger partial charge in [-0.2, -0.15) is 0 Å². The molecule has 2 fully saturated rings. The first-order valence-corrected chi connectivity index (χ1v) is 12.4. The van der Waals surface area contributed by atoms with E-state index in [1.54, 1.807) is 0 Å². The van der Waals surface area contributed by atoms with Crippen molar-refractivity contribution < 1.29 is 14.3 Å². The maximum absolute atomic E-state index is 13.3. The first-order chi connectivity index (χ1) is 16.0. The zero-order valence-electron chi connectivity index (χ0n) is 20.0. The van der Waals surface area contributed by atoms with Crippen molar-refractivity contribution in [2.75, 3.05) is 32.8 Å². The molecule has 0 aliphatic carbocycles. The molecular weight excluding hydrogens is 412 g/mol. The minimum Gasteiger partial charge on any atom is -0.378 e. The van der Waals surface area contributed by atoms with E-state index in [0.29, 0.717) is 39.0 Å². The monoisotopic (exact) mass is 448 g/mol. The molecular formula is C28H36N2O3. The van der Waals surface area contributed by atoms with Crippen molar-refractivity contribution >= 4 is 11.8 Å². The van der Waals surface area contributed by atoms with Crippen LogP contribution in [0.25, 0.3) is 11.1 Å². The molecule has 0 bridgehead atoms. The van der Waals surface area contributed by atoms with Gasteiger partial charge in [-0.05, 0) is 61.8 Å². The Balaban J connectivity index is 1.48. The number of hydrogen-bond donors (Lipinski definition) is 0. The van der Waals surface area contributed by atoms with E-state index in [1.807, 2.05) is 16.7 Å². The molecule has 2 aromatic rings. The molecule has 0 N–H and O–H groups in total. The summed E-state index contributed by atoms with van der Waals surface area (Å²) in [5.74, 6) is 0.0920. The third kappa shape index (κ3) is 5.83. The van der Waals surface area contributed by atoms with Crippen molar-refractivity contribution in [3.8, 4) is 11.1 Å². The van der Waals surface area contributed by atoms with E-state index >= 15 is 0 Å². The van der Waals surface area contributed by atoms with Crippen LogP contribution in [0.2, 0.25) is 0 Å². The number of ether oxygens (including phenoxy) is 1. The summed E-state index contributed by atoms with van der Waals surface area (Å²) < 4.78 is 5.69. The molecule has 0 aromatic heterocycles. The number of carbonyl (C=O) groups is 2. The number of benzene rings is 2. The lowest BCUT2D eigenvalue weighted by Gasteiger charge is -2.24. The molecule has 0 spiro atoms. The Morgan fingerprint density at radius 1 is 1.12 bits per heavy atom. The van der Waals surface area contributed by atoms with Crippen LogP contribution in [0.3, 0.4) is 0 Å². The van der Waals surface area contributed by atoms with Crippen molar-refractivity contribution in [2.24, 2.45) is 5.92 Å². The maximum atomic E-state index is 13.3. The molecule has 0 saturated carbocycles. The molecule has 5 nitrogen and oxygen atoms in total. The second-order valence-corrected chi connectivity index (χ2v) is 9.35. The summed E-state index contributed by atoms with van der Waals surface area (Å²) in [5.41, 5.74) is 4.76. The van der Waals surface area contributed by atoms with Gasteiger partial charge in [0, 0.05) is 39.2 Å². The van der Waals surface area contributed by atoms with Gasteiger partial charge in [-0.1, -0.05) is 48.5 Å². The Labute approximate surface area is 197 Å². The lowest BCUT2D eigenvalue weighted by atomic mass is 9.93. The number of likely N-dealkylation sites (N-methyl/N-ethyl adjacent to an activating group) is 1. The van der Waals surface area contributed by atoms with Crippen LogP contribution in [-0.2, 0) is 20.7 Å². The molecule has 2 aliphatic heterocycles. The number of nitrogens with zero attached hydrogens (tertiary/aromatic N) is 2. The summed E-state index contributed by atoms with van der Waals surface area (Å²) in [4.78, 5) is 30.1. The highest BCUT2D eigenvalue weighted by molar-refractivity contribution is 5.82. The topological polar surface area (TPSA) is 49.9 Å². The fraction of sp³-hybridized carbons (Fsp3) is 0.500. The predicted molar refractivity (Wildman–Crippen MR) is 131 cm³/mol. The van der Waals surface area contributed by atoms with Gasteiger partial charge in [0.1, 0.15) is 0 Å². The number of rotatable bonds is 7. The zero-order valence-corrected chi connectivity index (χ0v) is 20.0. The van der Waals surface area contributed by atoms with Crippen LogP contribution in [0.5, 0.6) is 0 Å². The van der Waals surface area contributed by atoms with Gasteiger partial charge in [0.2, 0.25) is 11.8 Å². The Hall–Kier alpha value is -2.66. The fourth-order valence-corrected chi connectivity index (χ4v) is 5.10. The van der Waals surface area contributed by atoms with Crippen LogP contribution in [0.1, 0.15) is 43.7 Å². The zero-order chi connectivity index (χ0) is 23.2. The van der Waals surface area contributed by atoms with Gasteiger partial charge in [-0.25, -0.2) is 0 Å². The summed E-state index contributed by atoms with van der Waals surface area (Å²) >= 11 is 0. The van der Waals surface area contributed by atoms with Gasteiger partial charge in [0.25, 0.3) is 0 Å². The molecule has 5 heteroatoms. The van der Waals surface area contributed by atoms with E-state index in [4.69, 9.17) is 4.74 Å². The highest BCUT2D eigenvalue weighted by Crippen LogP contribution is 2.26. The molecule has 2 saturated heterocycles. The van der Waals surface area contributed by atoms with Crippen molar-refractivity contribution in [1.82, 2.24) is 9.80 Å². The van der Waals surface area contributed by atoms with E-state index in [9.17, 15) is 9.59 Å². The smallest absolute Gasteiger partial charge is 0.227 e. The number of carbonyl (C=O) groups excluding carboxylic acids is 2. The highest BCUT2D eigenvalue weighted by atomic mass is 16.5. The van der Waals surface area contributed by atoms with Crippen LogP contribution >= 0.6 is 0 Å². The average Bonchev–Trinajstić information content (AvgIpc) is 3.30. The summed E-state index contributed by atoms with van der Waals surface area (Å²) in [6.45, 7) is 7.35. The van der Waals surface area contributed by atoms with Gasteiger partial charge in [-0.3, -0.25) is 9.59 Å². The van der Waals surface area contributed by atoms with Crippen molar-refractivity contribution in [3.05, 3.63) is 59.7 Å². The Morgan fingerprint density at radius 2 is 1.97 bits per heavy atom. The highest BCUT2D eigenvalue weighted by Gasteiger charge is 2.32. The molecule has 0 unspecified atom stereocenters. The van der Waals surface area contributed by atoms with Crippen LogP contribution in [0.4, 0.5) is 0 Å². The van der Waals surface area contributed by atoms with Crippen molar-refractivity contribution in [1.29, 1.82) is 0 Å². The predicted octanol–water partition coefficient (Wildman–Crippen LogP) is 4.47. The Kier molecular flexibility index (Phi) is 7.81. The molecule has 2 atom stereocenters. The lowest BCUT2D eigenvalue weighted by Crippen LogP contribution is -2.38. The molecule has 2 aromatic carbocycles. The molecule has 0 radical (unpaired) electrons. The van der Waals surface area contributed by atoms with Crippen molar-refractivity contribution in [2.45, 2.75) is 52.1 Å². The van der Waals surface area contributed by atoms with E-state index in [2.05, 4.69) is 55.5 Å². The van der Waals surface area contributed by atoms with E-state index in [-0.39, 0.29) is 23.8 Å². The number of aryl methyl sites for hydroxylation is 1. The fourth-order valence-electron chi connectivity index (χ4n) is 5.10. The Bertz CT molecular complexity index is 967. The van der Waals surface area contributed by atoms with Crippen LogP contribution in [0.15, 0.2) is 48.5 Å². The first kappa shape index (κ1) is 23.5. The minimum absolute atomic E-state index is 0.148. The minimum atomic E-state index is -0.216. The average molecular weight is 449 g/mol. The number of hydrogen-bond acceptors (Lipinski definition) is 3. The third-order valence-electron chi connectivity index (χ3n) is 7.05. The lowest BCUT2D eigenvalue weighted by molar-refractivity contribution is -0.135. The quantitative estimate of drug-likeness (QED) is 0.628. The first-order valence-electron chi connectivity index (χ1n) is 12.4. The summed E-state index contributed by atoms with van der Waals surface area (Å²) in [5, 5.41) is 0. The Morgan fingerprint density at radius 3 is 2.73 bits per heavy atom. The van der Waals surface area contributed by atoms with Crippen molar-refractivity contribution in [3.63, 3.8) is 0 Å².